The summed E-state index contributed by atoms with van der Waals surface area (Å²) in [5, 5.41) is 2.97. The first-order valence-electron chi connectivity index (χ1n) is 9.63. The molecule has 0 radical (unpaired) electrons. The maximum atomic E-state index is 12.4. The van der Waals surface area contributed by atoms with Crippen molar-refractivity contribution in [3.05, 3.63) is 65.2 Å². The van der Waals surface area contributed by atoms with Gasteiger partial charge in [-0.3, -0.25) is 4.79 Å². The van der Waals surface area contributed by atoms with Crippen molar-refractivity contribution in [3.8, 4) is 0 Å². The molecule has 0 heterocycles. The lowest BCUT2D eigenvalue weighted by atomic mass is 9.77. The standard InChI is InChI=1S/C23H29NO/c1-3-4-18-7-9-19(10-8-18)20-11-13-21(14-12-20)23(25)24-22-15-5-17(2)6-16-22/h5-6,11-16,18-19H,3-4,7-10H2,1-2H3,(H,24,25). The van der Waals surface area contributed by atoms with E-state index in [4.69, 9.17) is 0 Å². The Morgan fingerprint density at radius 3 is 2.20 bits per heavy atom. The van der Waals surface area contributed by atoms with Gasteiger partial charge in [0.05, 0.1) is 0 Å². The number of hydrogen-bond acceptors (Lipinski definition) is 1. The van der Waals surface area contributed by atoms with Crippen molar-refractivity contribution >= 4 is 11.6 Å². The van der Waals surface area contributed by atoms with Crippen LogP contribution < -0.4 is 5.32 Å². The summed E-state index contributed by atoms with van der Waals surface area (Å²) in [6, 6.07) is 16.1. The molecule has 0 bridgehead atoms. The Balaban J connectivity index is 1.58. The number of amides is 1. The Bertz CT molecular complexity index is 679. The van der Waals surface area contributed by atoms with Crippen LogP contribution in [0.2, 0.25) is 0 Å². The molecule has 0 atom stereocenters. The molecule has 1 N–H and O–H groups in total. The predicted octanol–water partition coefficient (Wildman–Crippen LogP) is 6.32. The molecule has 1 saturated carbocycles. The van der Waals surface area contributed by atoms with Crippen molar-refractivity contribution < 1.29 is 4.79 Å². The number of carbonyl (C=O) groups excluding carboxylic acids is 1. The van der Waals surface area contributed by atoms with E-state index >= 15 is 0 Å². The largest absolute Gasteiger partial charge is 0.322 e. The topological polar surface area (TPSA) is 29.1 Å². The van der Waals surface area contributed by atoms with Gasteiger partial charge in [0.25, 0.3) is 5.91 Å². The highest BCUT2D eigenvalue weighted by molar-refractivity contribution is 6.04. The summed E-state index contributed by atoms with van der Waals surface area (Å²) < 4.78 is 0. The molecular formula is C23H29NO. The zero-order valence-electron chi connectivity index (χ0n) is 15.4. The number of nitrogens with one attached hydrogen (secondary N) is 1. The Labute approximate surface area is 151 Å². The first-order valence-corrected chi connectivity index (χ1v) is 9.63. The summed E-state index contributed by atoms with van der Waals surface area (Å²) in [6.07, 6.45) is 7.98. The van der Waals surface area contributed by atoms with E-state index < -0.39 is 0 Å². The molecule has 3 rings (SSSR count). The Morgan fingerprint density at radius 2 is 1.60 bits per heavy atom. The minimum Gasteiger partial charge on any atom is -0.322 e. The molecule has 1 aliphatic rings. The van der Waals surface area contributed by atoms with Gasteiger partial charge in [-0.15, -0.1) is 0 Å². The summed E-state index contributed by atoms with van der Waals surface area (Å²) in [7, 11) is 0. The zero-order valence-corrected chi connectivity index (χ0v) is 15.4. The highest BCUT2D eigenvalue weighted by Crippen LogP contribution is 2.37. The van der Waals surface area contributed by atoms with Crippen LogP contribution in [0.3, 0.4) is 0 Å². The van der Waals surface area contributed by atoms with Gasteiger partial charge in [-0.1, -0.05) is 49.6 Å². The third kappa shape index (κ3) is 4.72. The molecule has 0 unspecified atom stereocenters. The van der Waals surface area contributed by atoms with E-state index in [2.05, 4.69) is 24.4 Å². The van der Waals surface area contributed by atoms with Gasteiger partial charge in [-0.05, 0) is 74.3 Å². The van der Waals surface area contributed by atoms with Crippen molar-refractivity contribution in [1.82, 2.24) is 0 Å². The second kappa shape index (κ2) is 8.33. The van der Waals surface area contributed by atoms with Gasteiger partial charge in [-0.25, -0.2) is 0 Å². The van der Waals surface area contributed by atoms with Crippen LogP contribution in [0.1, 0.15) is 72.9 Å². The summed E-state index contributed by atoms with van der Waals surface area (Å²) >= 11 is 0. The third-order valence-corrected chi connectivity index (χ3v) is 5.50. The van der Waals surface area contributed by atoms with Crippen molar-refractivity contribution in [2.75, 3.05) is 5.32 Å². The van der Waals surface area contributed by atoms with Gasteiger partial charge in [0.2, 0.25) is 0 Å². The van der Waals surface area contributed by atoms with Crippen molar-refractivity contribution in [3.63, 3.8) is 0 Å². The molecular weight excluding hydrogens is 306 g/mol. The van der Waals surface area contributed by atoms with E-state index in [-0.39, 0.29) is 5.91 Å². The van der Waals surface area contributed by atoms with Crippen LogP contribution in [0.25, 0.3) is 0 Å². The molecule has 0 aliphatic heterocycles. The summed E-state index contributed by atoms with van der Waals surface area (Å²) in [6.45, 7) is 4.33. The second-order valence-electron chi connectivity index (χ2n) is 7.45. The second-order valence-corrected chi connectivity index (χ2v) is 7.45. The molecule has 0 spiro atoms. The number of rotatable bonds is 5. The molecule has 1 amide bonds. The summed E-state index contributed by atoms with van der Waals surface area (Å²) in [4.78, 5) is 12.4. The number of benzene rings is 2. The van der Waals surface area contributed by atoms with Gasteiger partial charge in [0.15, 0.2) is 0 Å². The van der Waals surface area contributed by atoms with E-state index in [9.17, 15) is 4.79 Å². The molecule has 0 aromatic heterocycles. The van der Waals surface area contributed by atoms with E-state index in [1.165, 1.54) is 49.7 Å². The molecule has 132 valence electrons. The number of anilines is 1. The zero-order chi connectivity index (χ0) is 17.6. The van der Waals surface area contributed by atoms with Crippen LogP contribution in [-0.2, 0) is 0 Å². The SMILES string of the molecule is CCCC1CCC(c2ccc(C(=O)Nc3ccc(C)cc3)cc2)CC1. The highest BCUT2D eigenvalue weighted by atomic mass is 16.1. The fourth-order valence-electron chi connectivity index (χ4n) is 3.94. The van der Waals surface area contributed by atoms with Crippen LogP contribution in [0.4, 0.5) is 5.69 Å². The molecule has 2 nitrogen and oxygen atoms in total. The van der Waals surface area contributed by atoms with Gasteiger partial charge in [0.1, 0.15) is 0 Å². The highest BCUT2D eigenvalue weighted by Gasteiger charge is 2.21. The van der Waals surface area contributed by atoms with Gasteiger partial charge in [-0.2, -0.15) is 0 Å². The lowest BCUT2D eigenvalue weighted by Gasteiger charge is -2.28. The Kier molecular flexibility index (Phi) is 5.91. The molecule has 25 heavy (non-hydrogen) atoms. The number of aryl methyl sites for hydroxylation is 1. The smallest absolute Gasteiger partial charge is 0.255 e. The monoisotopic (exact) mass is 335 g/mol. The van der Waals surface area contributed by atoms with Gasteiger partial charge >= 0.3 is 0 Å². The third-order valence-electron chi connectivity index (χ3n) is 5.50. The maximum absolute atomic E-state index is 12.4. The summed E-state index contributed by atoms with van der Waals surface area (Å²) in [5.74, 6) is 1.56. The normalized spacial score (nSPS) is 20.2. The first kappa shape index (κ1) is 17.7. The van der Waals surface area contributed by atoms with Gasteiger partial charge < -0.3 is 5.32 Å². The van der Waals surface area contributed by atoms with E-state index in [0.29, 0.717) is 5.92 Å². The molecule has 2 heteroatoms. The molecule has 1 aliphatic carbocycles. The van der Waals surface area contributed by atoms with Crippen LogP contribution in [0.5, 0.6) is 0 Å². The van der Waals surface area contributed by atoms with Crippen LogP contribution >= 0.6 is 0 Å². The molecule has 0 saturated heterocycles. The maximum Gasteiger partial charge on any atom is 0.255 e. The Morgan fingerprint density at radius 1 is 0.960 bits per heavy atom. The average molecular weight is 335 g/mol. The fourth-order valence-corrected chi connectivity index (χ4v) is 3.94. The summed E-state index contributed by atoms with van der Waals surface area (Å²) in [5.41, 5.74) is 4.15. The first-order chi connectivity index (χ1) is 12.2. The molecule has 1 fully saturated rings. The number of carbonyl (C=O) groups is 1. The van der Waals surface area contributed by atoms with Crippen LogP contribution in [-0.4, -0.2) is 5.91 Å². The number of hydrogen-bond donors (Lipinski definition) is 1. The quantitative estimate of drug-likeness (QED) is 0.680. The van der Waals surface area contributed by atoms with E-state index in [0.717, 1.165) is 17.2 Å². The van der Waals surface area contributed by atoms with Gasteiger partial charge in [0, 0.05) is 11.3 Å². The van der Waals surface area contributed by atoms with E-state index in [1.54, 1.807) is 0 Å². The lowest BCUT2D eigenvalue weighted by molar-refractivity contribution is 0.102. The van der Waals surface area contributed by atoms with Crippen molar-refractivity contribution in [2.24, 2.45) is 5.92 Å². The van der Waals surface area contributed by atoms with Crippen molar-refractivity contribution in [2.45, 2.75) is 58.3 Å². The minimum atomic E-state index is -0.0398. The fraction of sp³-hybridized carbons (Fsp3) is 0.435. The lowest BCUT2D eigenvalue weighted by Crippen LogP contribution is -2.14. The van der Waals surface area contributed by atoms with Crippen LogP contribution in [0.15, 0.2) is 48.5 Å². The predicted molar refractivity (Wildman–Crippen MR) is 105 cm³/mol. The molecule has 2 aromatic rings. The average Bonchev–Trinajstić information content (AvgIpc) is 2.65. The van der Waals surface area contributed by atoms with Crippen LogP contribution in [0, 0.1) is 12.8 Å². The Hall–Kier alpha value is -2.09. The van der Waals surface area contributed by atoms with E-state index in [1.807, 2.05) is 43.3 Å². The minimum absolute atomic E-state index is 0.0398. The molecule has 2 aromatic carbocycles. The van der Waals surface area contributed by atoms with Crippen molar-refractivity contribution in [1.29, 1.82) is 0 Å².